The molecule has 0 aromatic heterocycles. The topological polar surface area (TPSA) is 0 Å². The first kappa shape index (κ1) is 7.11. The van der Waals surface area contributed by atoms with Gasteiger partial charge in [0.05, 0.1) is 8.80 Å². The molecule has 1 aromatic carbocycles. The van der Waals surface area contributed by atoms with E-state index in [0.717, 1.165) is 0 Å². The zero-order valence-electron chi connectivity index (χ0n) is 7.15. The van der Waals surface area contributed by atoms with Gasteiger partial charge >= 0.3 is 0 Å². The maximum absolute atomic E-state index is 2.41. The fourth-order valence-corrected chi connectivity index (χ4v) is 2.39. The molecule has 0 fully saturated rings. The van der Waals surface area contributed by atoms with Crippen LogP contribution in [-0.2, 0) is 12.8 Å². The molecule has 0 N–H and O–H groups in total. The number of rotatable bonds is 1. The Morgan fingerprint density at radius 2 is 1.82 bits per heavy atom. The lowest BCUT2D eigenvalue weighted by Crippen LogP contribution is -2.25. The summed E-state index contributed by atoms with van der Waals surface area (Å²) in [6.07, 6.45) is 2.63. The molecule has 1 aromatic rings. The van der Waals surface area contributed by atoms with Gasteiger partial charge < -0.3 is 0 Å². The molecule has 11 heavy (non-hydrogen) atoms. The largest absolute Gasteiger partial charge is 0.0791 e. The summed E-state index contributed by atoms with van der Waals surface area (Å²) in [5, 5.41) is 1.59. The molecule has 1 aliphatic carbocycles. The summed E-state index contributed by atoms with van der Waals surface area (Å²) < 4.78 is 0. The smallest absolute Gasteiger partial charge is 0.0671 e. The molecule has 0 atom stereocenters. The first-order valence-corrected chi connectivity index (χ1v) is 6.70. The number of fused-ring (bicyclic) bond motifs is 1. The van der Waals surface area contributed by atoms with Crippen molar-refractivity contribution in [3.8, 4) is 0 Å². The van der Waals surface area contributed by atoms with E-state index in [9.17, 15) is 0 Å². The van der Waals surface area contributed by atoms with Crippen LogP contribution < -0.4 is 5.19 Å². The summed E-state index contributed by atoms with van der Waals surface area (Å²) in [5.41, 5.74) is 3.19. The molecule has 1 radical (unpaired) electrons. The zero-order chi connectivity index (χ0) is 7.84. The van der Waals surface area contributed by atoms with Gasteiger partial charge in [0.1, 0.15) is 0 Å². The van der Waals surface area contributed by atoms with Crippen molar-refractivity contribution < 1.29 is 0 Å². The van der Waals surface area contributed by atoms with Crippen LogP contribution in [0.4, 0.5) is 0 Å². The van der Waals surface area contributed by atoms with E-state index >= 15 is 0 Å². The fourth-order valence-electron chi connectivity index (χ4n) is 1.51. The van der Waals surface area contributed by atoms with Crippen molar-refractivity contribution >= 4 is 14.0 Å². The van der Waals surface area contributed by atoms with Crippen molar-refractivity contribution in [3.05, 3.63) is 29.3 Å². The summed E-state index contributed by atoms with van der Waals surface area (Å²) in [4.78, 5) is 0. The second-order valence-corrected chi connectivity index (χ2v) is 6.06. The van der Waals surface area contributed by atoms with Crippen molar-refractivity contribution in [2.45, 2.75) is 25.9 Å². The number of hydrogen-bond donors (Lipinski definition) is 0. The minimum absolute atomic E-state index is 0.217. The molecule has 2 rings (SSSR count). The lowest BCUT2D eigenvalue weighted by atomic mass is 9.89. The van der Waals surface area contributed by atoms with Gasteiger partial charge in [0, 0.05) is 0 Å². The van der Waals surface area contributed by atoms with Gasteiger partial charge in [0.2, 0.25) is 0 Å². The normalized spacial score (nSPS) is 14.5. The van der Waals surface area contributed by atoms with Crippen molar-refractivity contribution in [1.29, 1.82) is 0 Å². The van der Waals surface area contributed by atoms with Crippen LogP contribution in [0.1, 0.15) is 11.1 Å². The van der Waals surface area contributed by atoms with Crippen LogP contribution in [0.15, 0.2) is 18.2 Å². The fraction of sp³-hybridized carbons (Fsp3) is 0.400. The molecular formula is C10H13Si. The summed E-state index contributed by atoms with van der Waals surface area (Å²) in [7, 11) is -0.217. The highest BCUT2D eigenvalue weighted by Gasteiger charge is 2.13. The number of hydrogen-bond acceptors (Lipinski definition) is 0. The Balaban J connectivity index is 2.38. The molecule has 1 aliphatic rings. The lowest BCUT2D eigenvalue weighted by Gasteiger charge is -2.20. The first-order chi connectivity index (χ1) is 5.27. The van der Waals surface area contributed by atoms with Crippen LogP contribution in [-0.4, -0.2) is 8.80 Å². The first-order valence-electron chi connectivity index (χ1n) is 4.20. The third-order valence-corrected chi connectivity index (χ3v) is 3.91. The minimum atomic E-state index is -0.217. The molecule has 0 spiro atoms. The molecule has 57 valence electrons. The van der Waals surface area contributed by atoms with E-state index in [0.29, 0.717) is 0 Å². The molecule has 0 saturated heterocycles. The van der Waals surface area contributed by atoms with E-state index in [1.807, 2.05) is 0 Å². The van der Waals surface area contributed by atoms with E-state index in [4.69, 9.17) is 0 Å². The van der Waals surface area contributed by atoms with E-state index in [1.54, 1.807) is 16.3 Å². The van der Waals surface area contributed by atoms with E-state index in [2.05, 4.69) is 31.3 Å². The standard InChI is InChI=1S/C10H13Si/c1-11(2)10-6-5-8-3-4-9(8)7-10/h5-7H,3-4H2,1-2H3. The average molecular weight is 161 g/mol. The maximum Gasteiger partial charge on any atom is 0.0791 e. The van der Waals surface area contributed by atoms with Gasteiger partial charge in [-0.25, -0.2) is 0 Å². The predicted molar refractivity (Wildman–Crippen MR) is 51.0 cm³/mol. The Morgan fingerprint density at radius 1 is 1.09 bits per heavy atom. The second kappa shape index (κ2) is 2.49. The van der Waals surface area contributed by atoms with Crippen LogP contribution >= 0.6 is 0 Å². The highest BCUT2D eigenvalue weighted by Crippen LogP contribution is 2.20. The van der Waals surface area contributed by atoms with Crippen LogP contribution in [0.5, 0.6) is 0 Å². The Bertz CT molecular complexity index is 276. The summed E-state index contributed by atoms with van der Waals surface area (Å²) in [6.45, 7) is 4.70. The van der Waals surface area contributed by atoms with Gasteiger partial charge in [0.25, 0.3) is 0 Å². The average Bonchev–Trinajstić information content (AvgIpc) is 1.91. The third kappa shape index (κ3) is 1.14. The lowest BCUT2D eigenvalue weighted by molar-refractivity contribution is 0.841. The van der Waals surface area contributed by atoms with Gasteiger partial charge in [0.15, 0.2) is 0 Å². The molecule has 0 unspecified atom stereocenters. The monoisotopic (exact) mass is 161 g/mol. The maximum atomic E-state index is 2.41. The van der Waals surface area contributed by atoms with Gasteiger partial charge in [-0.05, 0) is 24.0 Å². The third-order valence-electron chi connectivity index (χ3n) is 2.45. The van der Waals surface area contributed by atoms with Gasteiger partial charge in [-0.15, -0.1) is 0 Å². The van der Waals surface area contributed by atoms with E-state index < -0.39 is 0 Å². The molecule has 0 heterocycles. The summed E-state index contributed by atoms with van der Waals surface area (Å²) in [5.74, 6) is 0. The van der Waals surface area contributed by atoms with Crippen molar-refractivity contribution in [2.75, 3.05) is 0 Å². The minimum Gasteiger partial charge on any atom is -0.0671 e. The highest BCUT2D eigenvalue weighted by molar-refractivity contribution is 6.70. The van der Waals surface area contributed by atoms with Gasteiger partial charge in [-0.2, -0.15) is 0 Å². The van der Waals surface area contributed by atoms with E-state index in [-0.39, 0.29) is 8.80 Å². The summed E-state index contributed by atoms with van der Waals surface area (Å²) >= 11 is 0. The number of aryl methyl sites for hydroxylation is 2. The molecule has 0 amide bonds. The SMILES string of the molecule is C[Si](C)c1ccc2c(c1)CC2. The van der Waals surface area contributed by atoms with Crippen molar-refractivity contribution in [3.63, 3.8) is 0 Å². The molecule has 0 bridgehead atoms. The van der Waals surface area contributed by atoms with Crippen LogP contribution in [0.25, 0.3) is 0 Å². The Kier molecular flexibility index (Phi) is 1.61. The Hall–Kier alpha value is -0.563. The van der Waals surface area contributed by atoms with Crippen LogP contribution in [0.3, 0.4) is 0 Å². The molecular weight excluding hydrogens is 148 g/mol. The summed E-state index contributed by atoms with van der Waals surface area (Å²) in [6, 6.07) is 7.03. The van der Waals surface area contributed by atoms with Gasteiger partial charge in [-0.1, -0.05) is 36.5 Å². The highest BCUT2D eigenvalue weighted by atomic mass is 28.3. The predicted octanol–water partition coefficient (Wildman–Crippen LogP) is 1.75. The second-order valence-electron chi connectivity index (χ2n) is 3.48. The van der Waals surface area contributed by atoms with Crippen molar-refractivity contribution in [2.24, 2.45) is 0 Å². The van der Waals surface area contributed by atoms with E-state index in [1.165, 1.54) is 12.8 Å². The van der Waals surface area contributed by atoms with Crippen LogP contribution in [0, 0.1) is 0 Å². The molecule has 1 heteroatoms. The quantitative estimate of drug-likeness (QED) is 0.550. The van der Waals surface area contributed by atoms with Crippen molar-refractivity contribution in [1.82, 2.24) is 0 Å². The van der Waals surface area contributed by atoms with Crippen LogP contribution in [0.2, 0.25) is 13.1 Å². The molecule has 0 aliphatic heterocycles. The van der Waals surface area contributed by atoms with Gasteiger partial charge in [-0.3, -0.25) is 0 Å². The molecule has 0 saturated carbocycles. The number of benzene rings is 1. The zero-order valence-corrected chi connectivity index (χ0v) is 8.15. The molecule has 0 nitrogen and oxygen atoms in total. The Labute approximate surface area is 69.9 Å². The Morgan fingerprint density at radius 3 is 2.27 bits per heavy atom.